The van der Waals surface area contributed by atoms with E-state index in [1.165, 1.54) is 0 Å². The molecule has 0 saturated carbocycles. The monoisotopic (exact) mass is 265 g/mol. The zero-order valence-corrected chi connectivity index (χ0v) is 12.2. The summed E-state index contributed by atoms with van der Waals surface area (Å²) in [5.41, 5.74) is 1.03. The van der Waals surface area contributed by atoms with E-state index in [2.05, 4.69) is 39.1 Å². The van der Waals surface area contributed by atoms with Crippen molar-refractivity contribution in [3.05, 3.63) is 23.8 Å². The summed E-state index contributed by atoms with van der Waals surface area (Å²) in [4.78, 5) is 0. The predicted molar refractivity (Wildman–Crippen MR) is 74.7 cm³/mol. The van der Waals surface area contributed by atoms with Gasteiger partial charge in [0.2, 0.25) is 6.79 Å². The van der Waals surface area contributed by atoms with Crippen LogP contribution in [0.4, 0.5) is 0 Å². The Balaban J connectivity index is 2.10. The lowest BCUT2D eigenvalue weighted by molar-refractivity contribution is -0.0146. The molecule has 1 aliphatic rings. The van der Waals surface area contributed by atoms with Crippen LogP contribution >= 0.6 is 0 Å². The van der Waals surface area contributed by atoms with Crippen LogP contribution in [-0.4, -0.2) is 25.5 Å². The van der Waals surface area contributed by atoms with Crippen LogP contribution < -0.4 is 14.8 Å². The van der Waals surface area contributed by atoms with Gasteiger partial charge in [0, 0.05) is 0 Å². The minimum Gasteiger partial charge on any atom is -0.454 e. The normalized spacial score (nSPS) is 15.6. The molecule has 1 heterocycles. The molecule has 19 heavy (non-hydrogen) atoms. The minimum atomic E-state index is -0.135. The van der Waals surface area contributed by atoms with Gasteiger partial charge in [0.05, 0.1) is 18.2 Å². The van der Waals surface area contributed by atoms with Crippen LogP contribution in [0, 0.1) is 0 Å². The Morgan fingerprint density at radius 2 is 2.00 bits per heavy atom. The maximum atomic E-state index is 5.88. The van der Waals surface area contributed by atoms with Crippen molar-refractivity contribution < 1.29 is 14.2 Å². The summed E-state index contributed by atoms with van der Waals surface area (Å²) < 4.78 is 16.6. The number of fused-ring (bicyclic) bond motifs is 1. The fourth-order valence-electron chi connectivity index (χ4n) is 1.98. The number of likely N-dealkylation sites (N-methyl/N-ethyl adjacent to an activating group) is 1. The van der Waals surface area contributed by atoms with E-state index in [0.29, 0.717) is 13.4 Å². The van der Waals surface area contributed by atoms with Crippen LogP contribution in [0.15, 0.2) is 18.2 Å². The third-order valence-corrected chi connectivity index (χ3v) is 2.93. The molecule has 0 fully saturated rings. The lowest BCUT2D eigenvalue weighted by atomic mass is 10.1. The van der Waals surface area contributed by atoms with Crippen molar-refractivity contribution in [1.82, 2.24) is 5.32 Å². The third kappa shape index (κ3) is 3.85. The Kier molecular flexibility index (Phi) is 4.32. The van der Waals surface area contributed by atoms with E-state index in [0.717, 1.165) is 23.6 Å². The average Bonchev–Trinajstić information content (AvgIpc) is 2.80. The lowest BCUT2D eigenvalue weighted by Gasteiger charge is -2.25. The molecule has 1 aromatic carbocycles. The maximum absolute atomic E-state index is 5.88. The Labute approximate surface area is 115 Å². The molecule has 4 heteroatoms. The number of rotatable bonds is 5. The highest BCUT2D eigenvalue weighted by atomic mass is 16.7. The smallest absolute Gasteiger partial charge is 0.231 e. The fraction of sp³-hybridized carbons (Fsp3) is 0.600. The van der Waals surface area contributed by atoms with Gasteiger partial charge in [-0.1, -0.05) is 13.0 Å². The Hall–Kier alpha value is -1.26. The topological polar surface area (TPSA) is 39.7 Å². The molecule has 0 amide bonds. The SMILES string of the molecule is CCNC(COC(C)(C)C)c1ccc2c(c1)OCO2. The first-order chi connectivity index (χ1) is 8.99. The number of ether oxygens (including phenoxy) is 3. The van der Waals surface area contributed by atoms with E-state index in [4.69, 9.17) is 14.2 Å². The highest BCUT2D eigenvalue weighted by Gasteiger charge is 2.20. The van der Waals surface area contributed by atoms with Crippen LogP contribution in [-0.2, 0) is 4.74 Å². The second-order valence-corrected chi connectivity index (χ2v) is 5.65. The molecule has 0 aliphatic carbocycles. The zero-order valence-electron chi connectivity index (χ0n) is 12.2. The van der Waals surface area contributed by atoms with Crippen molar-refractivity contribution >= 4 is 0 Å². The first-order valence-electron chi connectivity index (χ1n) is 6.76. The van der Waals surface area contributed by atoms with Crippen LogP contribution in [0.3, 0.4) is 0 Å². The van der Waals surface area contributed by atoms with Gasteiger partial charge in [-0.15, -0.1) is 0 Å². The van der Waals surface area contributed by atoms with Gasteiger partial charge >= 0.3 is 0 Å². The van der Waals surface area contributed by atoms with Gasteiger partial charge in [-0.2, -0.15) is 0 Å². The molecule has 0 saturated heterocycles. The molecule has 1 aromatic rings. The van der Waals surface area contributed by atoms with E-state index in [9.17, 15) is 0 Å². The molecule has 0 aromatic heterocycles. The molecule has 1 aliphatic heterocycles. The molecule has 1 N–H and O–H groups in total. The van der Waals surface area contributed by atoms with Crippen LogP contribution in [0.2, 0.25) is 0 Å². The van der Waals surface area contributed by atoms with Gasteiger partial charge in [0.15, 0.2) is 11.5 Å². The summed E-state index contributed by atoms with van der Waals surface area (Å²) in [5.74, 6) is 1.63. The van der Waals surface area contributed by atoms with E-state index < -0.39 is 0 Å². The summed E-state index contributed by atoms with van der Waals surface area (Å²) >= 11 is 0. The molecule has 4 nitrogen and oxygen atoms in total. The number of hydrogen-bond acceptors (Lipinski definition) is 4. The van der Waals surface area contributed by atoms with E-state index in [1.54, 1.807) is 0 Å². The Morgan fingerprint density at radius 1 is 1.26 bits per heavy atom. The first-order valence-corrected chi connectivity index (χ1v) is 6.76. The first kappa shape index (κ1) is 14.2. The Morgan fingerprint density at radius 3 is 2.68 bits per heavy atom. The van der Waals surface area contributed by atoms with Gasteiger partial charge < -0.3 is 19.5 Å². The molecule has 0 bridgehead atoms. The molecule has 2 rings (SSSR count). The van der Waals surface area contributed by atoms with Crippen molar-refractivity contribution in [2.45, 2.75) is 39.3 Å². The van der Waals surface area contributed by atoms with Crippen LogP contribution in [0.5, 0.6) is 11.5 Å². The fourth-order valence-corrected chi connectivity index (χ4v) is 1.98. The predicted octanol–water partition coefficient (Wildman–Crippen LogP) is 2.88. The second kappa shape index (κ2) is 5.80. The highest BCUT2D eigenvalue weighted by Crippen LogP contribution is 2.34. The largest absolute Gasteiger partial charge is 0.454 e. The summed E-state index contributed by atoms with van der Waals surface area (Å²) in [6.07, 6.45) is 0. The van der Waals surface area contributed by atoms with Crippen molar-refractivity contribution in [3.63, 3.8) is 0 Å². The third-order valence-electron chi connectivity index (χ3n) is 2.93. The maximum Gasteiger partial charge on any atom is 0.231 e. The van der Waals surface area contributed by atoms with Gasteiger partial charge in [-0.05, 0) is 45.0 Å². The average molecular weight is 265 g/mol. The highest BCUT2D eigenvalue weighted by molar-refractivity contribution is 5.45. The standard InChI is InChI=1S/C15H23NO3/c1-5-16-12(9-19-15(2,3)4)11-6-7-13-14(8-11)18-10-17-13/h6-8,12,16H,5,9-10H2,1-4H3. The van der Waals surface area contributed by atoms with Gasteiger partial charge in [0.25, 0.3) is 0 Å². The molecule has 106 valence electrons. The van der Waals surface area contributed by atoms with Gasteiger partial charge in [-0.25, -0.2) is 0 Å². The van der Waals surface area contributed by atoms with Crippen molar-refractivity contribution in [2.75, 3.05) is 19.9 Å². The molecule has 1 atom stereocenters. The van der Waals surface area contributed by atoms with Gasteiger partial charge in [-0.3, -0.25) is 0 Å². The van der Waals surface area contributed by atoms with Crippen LogP contribution in [0.1, 0.15) is 39.3 Å². The quantitative estimate of drug-likeness (QED) is 0.888. The molecule has 0 radical (unpaired) electrons. The Bertz CT molecular complexity index is 426. The number of hydrogen-bond donors (Lipinski definition) is 1. The van der Waals surface area contributed by atoms with Crippen molar-refractivity contribution in [1.29, 1.82) is 0 Å². The summed E-state index contributed by atoms with van der Waals surface area (Å²) in [6.45, 7) is 10.1. The number of benzene rings is 1. The molecule has 0 spiro atoms. The molecular formula is C15H23NO3. The van der Waals surface area contributed by atoms with Gasteiger partial charge in [0.1, 0.15) is 0 Å². The van der Waals surface area contributed by atoms with E-state index in [-0.39, 0.29) is 11.6 Å². The van der Waals surface area contributed by atoms with Crippen molar-refractivity contribution in [2.24, 2.45) is 0 Å². The summed E-state index contributed by atoms with van der Waals surface area (Å²) in [6, 6.07) is 6.21. The zero-order chi connectivity index (χ0) is 13.9. The number of nitrogens with one attached hydrogen (secondary N) is 1. The molecule has 1 unspecified atom stereocenters. The van der Waals surface area contributed by atoms with Crippen molar-refractivity contribution in [3.8, 4) is 11.5 Å². The summed E-state index contributed by atoms with van der Waals surface area (Å²) in [5, 5.41) is 3.44. The summed E-state index contributed by atoms with van der Waals surface area (Å²) in [7, 11) is 0. The minimum absolute atomic E-state index is 0.135. The second-order valence-electron chi connectivity index (χ2n) is 5.65. The van der Waals surface area contributed by atoms with Crippen LogP contribution in [0.25, 0.3) is 0 Å². The molecular weight excluding hydrogens is 242 g/mol. The lowest BCUT2D eigenvalue weighted by Crippen LogP contribution is -2.30. The van der Waals surface area contributed by atoms with E-state index in [1.807, 2.05) is 12.1 Å². The van der Waals surface area contributed by atoms with E-state index >= 15 is 0 Å².